The van der Waals surface area contributed by atoms with Gasteiger partial charge >= 0.3 is 0 Å². The molecule has 100 valence electrons. The van der Waals surface area contributed by atoms with Crippen LogP contribution in [-0.2, 0) is 5.41 Å². The quantitative estimate of drug-likeness (QED) is 0.652. The van der Waals surface area contributed by atoms with Crippen molar-refractivity contribution >= 4 is 17.4 Å². The SMILES string of the molecule is CC(C)(C)c1cc(NN)nc(-c2ccccc2Cl)n1. The first-order valence-electron chi connectivity index (χ1n) is 6.03. The second-order valence-corrected chi connectivity index (χ2v) is 5.74. The van der Waals surface area contributed by atoms with Crippen LogP contribution < -0.4 is 11.3 Å². The summed E-state index contributed by atoms with van der Waals surface area (Å²) in [4.78, 5) is 8.96. The highest BCUT2D eigenvalue weighted by Gasteiger charge is 2.19. The summed E-state index contributed by atoms with van der Waals surface area (Å²) in [7, 11) is 0. The maximum atomic E-state index is 6.19. The van der Waals surface area contributed by atoms with Crippen LogP contribution in [0.1, 0.15) is 26.5 Å². The molecule has 0 fully saturated rings. The van der Waals surface area contributed by atoms with Gasteiger partial charge in [-0.05, 0) is 12.1 Å². The van der Waals surface area contributed by atoms with Crippen molar-refractivity contribution in [3.8, 4) is 11.4 Å². The van der Waals surface area contributed by atoms with Crippen LogP contribution in [0.2, 0.25) is 5.02 Å². The van der Waals surface area contributed by atoms with Gasteiger partial charge in [-0.25, -0.2) is 15.8 Å². The smallest absolute Gasteiger partial charge is 0.163 e. The number of halogens is 1. The topological polar surface area (TPSA) is 63.8 Å². The number of benzene rings is 1. The number of rotatable bonds is 2. The third-order valence-electron chi connectivity index (χ3n) is 2.76. The van der Waals surface area contributed by atoms with E-state index in [-0.39, 0.29) is 5.41 Å². The van der Waals surface area contributed by atoms with E-state index in [0.717, 1.165) is 11.3 Å². The van der Waals surface area contributed by atoms with Gasteiger partial charge in [0, 0.05) is 17.0 Å². The number of nitrogen functional groups attached to an aromatic ring is 1. The molecule has 1 aromatic carbocycles. The van der Waals surface area contributed by atoms with Gasteiger partial charge in [-0.15, -0.1) is 0 Å². The number of anilines is 1. The standard InChI is InChI=1S/C14H17ClN4/c1-14(2,3)11-8-12(19-16)18-13(17-11)9-6-4-5-7-10(9)15/h4-8H,16H2,1-3H3,(H,17,18,19). The fourth-order valence-electron chi connectivity index (χ4n) is 1.67. The van der Waals surface area contributed by atoms with Gasteiger partial charge in [-0.2, -0.15) is 0 Å². The van der Waals surface area contributed by atoms with E-state index >= 15 is 0 Å². The molecule has 0 saturated heterocycles. The van der Waals surface area contributed by atoms with E-state index in [2.05, 4.69) is 36.2 Å². The minimum atomic E-state index is -0.0927. The molecule has 0 radical (unpaired) electrons. The van der Waals surface area contributed by atoms with Gasteiger partial charge in [0.25, 0.3) is 0 Å². The Morgan fingerprint density at radius 1 is 1.16 bits per heavy atom. The molecule has 0 aliphatic heterocycles. The first-order chi connectivity index (χ1) is 8.91. The molecule has 0 aliphatic carbocycles. The molecule has 0 atom stereocenters. The molecular formula is C14H17ClN4. The molecule has 0 aliphatic rings. The van der Waals surface area contributed by atoms with E-state index in [1.165, 1.54) is 0 Å². The predicted molar refractivity (Wildman–Crippen MR) is 79.0 cm³/mol. The van der Waals surface area contributed by atoms with Crippen LogP contribution in [0.15, 0.2) is 30.3 Å². The third-order valence-corrected chi connectivity index (χ3v) is 3.09. The first kappa shape index (κ1) is 13.8. The molecule has 0 unspecified atom stereocenters. The van der Waals surface area contributed by atoms with E-state index in [0.29, 0.717) is 16.7 Å². The maximum absolute atomic E-state index is 6.19. The molecule has 0 amide bonds. The Labute approximate surface area is 118 Å². The van der Waals surface area contributed by atoms with Crippen molar-refractivity contribution in [1.29, 1.82) is 0 Å². The van der Waals surface area contributed by atoms with Crippen LogP contribution in [0.4, 0.5) is 5.82 Å². The average Bonchev–Trinajstić information content (AvgIpc) is 2.37. The highest BCUT2D eigenvalue weighted by molar-refractivity contribution is 6.33. The molecule has 19 heavy (non-hydrogen) atoms. The summed E-state index contributed by atoms with van der Waals surface area (Å²) in [6.07, 6.45) is 0. The summed E-state index contributed by atoms with van der Waals surface area (Å²) in [5, 5.41) is 0.622. The monoisotopic (exact) mass is 276 g/mol. The Balaban J connectivity index is 2.61. The molecule has 1 aromatic heterocycles. The fourth-order valence-corrected chi connectivity index (χ4v) is 1.89. The molecule has 2 rings (SSSR count). The zero-order valence-corrected chi connectivity index (χ0v) is 12.0. The molecule has 0 saturated carbocycles. The Hall–Kier alpha value is -1.65. The van der Waals surface area contributed by atoms with Crippen molar-refractivity contribution in [3.63, 3.8) is 0 Å². The van der Waals surface area contributed by atoms with Crippen LogP contribution in [0, 0.1) is 0 Å². The van der Waals surface area contributed by atoms with Crippen molar-refractivity contribution in [2.75, 3.05) is 5.43 Å². The summed E-state index contributed by atoms with van der Waals surface area (Å²) >= 11 is 6.19. The number of nitrogens with one attached hydrogen (secondary N) is 1. The highest BCUT2D eigenvalue weighted by atomic mass is 35.5. The van der Waals surface area contributed by atoms with Gasteiger partial charge in [0.1, 0.15) is 5.82 Å². The Morgan fingerprint density at radius 3 is 2.42 bits per heavy atom. The number of hydrazine groups is 1. The molecule has 1 heterocycles. The zero-order valence-electron chi connectivity index (χ0n) is 11.2. The van der Waals surface area contributed by atoms with Gasteiger partial charge in [-0.3, -0.25) is 0 Å². The van der Waals surface area contributed by atoms with Crippen molar-refractivity contribution in [3.05, 3.63) is 41.0 Å². The summed E-state index contributed by atoms with van der Waals surface area (Å²) in [5.74, 6) is 6.63. The fraction of sp³-hybridized carbons (Fsp3) is 0.286. The van der Waals surface area contributed by atoms with Crippen LogP contribution in [0.3, 0.4) is 0 Å². The van der Waals surface area contributed by atoms with Gasteiger partial charge < -0.3 is 5.43 Å². The number of aromatic nitrogens is 2. The van der Waals surface area contributed by atoms with Crippen LogP contribution in [-0.4, -0.2) is 9.97 Å². The van der Waals surface area contributed by atoms with Gasteiger partial charge in [0.05, 0.1) is 10.7 Å². The average molecular weight is 277 g/mol. The summed E-state index contributed by atoms with van der Waals surface area (Å²) in [6.45, 7) is 6.27. The van der Waals surface area contributed by atoms with E-state index in [4.69, 9.17) is 17.4 Å². The second kappa shape index (κ2) is 5.15. The minimum absolute atomic E-state index is 0.0927. The Bertz CT molecular complexity index is 590. The van der Waals surface area contributed by atoms with Gasteiger partial charge in [0.15, 0.2) is 5.82 Å². The lowest BCUT2D eigenvalue weighted by Crippen LogP contribution is -2.17. The lowest BCUT2D eigenvalue weighted by Gasteiger charge is -2.19. The van der Waals surface area contributed by atoms with Gasteiger partial charge in [-0.1, -0.05) is 44.5 Å². The second-order valence-electron chi connectivity index (χ2n) is 5.34. The van der Waals surface area contributed by atoms with Crippen molar-refractivity contribution in [2.45, 2.75) is 26.2 Å². The molecular weight excluding hydrogens is 260 g/mol. The first-order valence-corrected chi connectivity index (χ1v) is 6.40. The number of nitrogens with two attached hydrogens (primary N) is 1. The molecule has 2 aromatic rings. The number of nitrogens with zero attached hydrogens (tertiary/aromatic N) is 2. The van der Waals surface area contributed by atoms with E-state index in [9.17, 15) is 0 Å². The molecule has 3 N–H and O–H groups in total. The normalized spacial score (nSPS) is 11.4. The predicted octanol–water partition coefficient (Wildman–Crippen LogP) is 3.38. The van der Waals surface area contributed by atoms with Gasteiger partial charge in [0.2, 0.25) is 0 Å². The van der Waals surface area contributed by atoms with Crippen molar-refractivity contribution in [1.82, 2.24) is 9.97 Å². The molecule has 4 nitrogen and oxygen atoms in total. The van der Waals surface area contributed by atoms with Crippen molar-refractivity contribution < 1.29 is 0 Å². The van der Waals surface area contributed by atoms with E-state index < -0.39 is 0 Å². The van der Waals surface area contributed by atoms with Crippen LogP contribution in [0.25, 0.3) is 11.4 Å². The van der Waals surface area contributed by atoms with E-state index in [1.54, 1.807) is 0 Å². The highest BCUT2D eigenvalue weighted by Crippen LogP contribution is 2.29. The lowest BCUT2D eigenvalue weighted by molar-refractivity contribution is 0.568. The minimum Gasteiger partial charge on any atom is -0.308 e. The van der Waals surface area contributed by atoms with Crippen LogP contribution >= 0.6 is 11.6 Å². The summed E-state index contributed by atoms with van der Waals surface area (Å²) in [6, 6.07) is 9.34. The zero-order chi connectivity index (χ0) is 14.0. The molecule has 0 bridgehead atoms. The van der Waals surface area contributed by atoms with Crippen molar-refractivity contribution in [2.24, 2.45) is 5.84 Å². The Morgan fingerprint density at radius 2 is 1.84 bits per heavy atom. The molecule has 5 heteroatoms. The largest absolute Gasteiger partial charge is 0.308 e. The molecule has 0 spiro atoms. The van der Waals surface area contributed by atoms with E-state index in [1.807, 2.05) is 30.3 Å². The summed E-state index contributed by atoms with van der Waals surface area (Å²) in [5.41, 5.74) is 4.19. The number of hydrogen-bond donors (Lipinski definition) is 2. The van der Waals surface area contributed by atoms with Crippen LogP contribution in [0.5, 0.6) is 0 Å². The lowest BCUT2D eigenvalue weighted by atomic mass is 9.92. The Kier molecular flexibility index (Phi) is 3.73. The third kappa shape index (κ3) is 3.03. The summed E-state index contributed by atoms with van der Waals surface area (Å²) < 4.78 is 0. The maximum Gasteiger partial charge on any atom is 0.163 e. The number of hydrogen-bond acceptors (Lipinski definition) is 4.